The largest absolute Gasteiger partial charge is 0.398 e. The molecule has 26 heavy (non-hydrogen) atoms. The Bertz CT molecular complexity index is 946. The van der Waals surface area contributed by atoms with Gasteiger partial charge in [0, 0.05) is 17.7 Å². The summed E-state index contributed by atoms with van der Waals surface area (Å²) >= 11 is 0. The third kappa shape index (κ3) is 2.95. The van der Waals surface area contributed by atoms with E-state index >= 15 is 0 Å². The maximum Gasteiger partial charge on any atom is 0.282 e. The fourth-order valence-electron chi connectivity index (χ4n) is 2.93. The van der Waals surface area contributed by atoms with Crippen LogP contribution >= 0.6 is 0 Å². The number of hydrogen-bond acceptors (Lipinski definition) is 5. The van der Waals surface area contributed by atoms with Crippen molar-refractivity contribution in [3.8, 4) is 0 Å². The number of hydrazone groups is 1. The van der Waals surface area contributed by atoms with Crippen molar-refractivity contribution in [2.45, 2.75) is 20.3 Å². The first-order valence-electron chi connectivity index (χ1n) is 8.16. The van der Waals surface area contributed by atoms with Gasteiger partial charge in [0.1, 0.15) is 0 Å². The van der Waals surface area contributed by atoms with E-state index in [4.69, 9.17) is 5.73 Å². The second kappa shape index (κ2) is 6.79. The third-order valence-corrected chi connectivity index (χ3v) is 4.28. The van der Waals surface area contributed by atoms with Crippen LogP contribution in [0.4, 0.5) is 11.4 Å². The summed E-state index contributed by atoms with van der Waals surface area (Å²) in [6, 6.07) is 13.3. The van der Waals surface area contributed by atoms with Gasteiger partial charge in [-0.2, -0.15) is 10.1 Å². The van der Waals surface area contributed by atoms with Crippen molar-refractivity contribution in [2.24, 2.45) is 10.8 Å². The summed E-state index contributed by atoms with van der Waals surface area (Å²) in [5, 5.41) is 16.3. The average molecular weight is 350 g/mol. The van der Waals surface area contributed by atoms with Gasteiger partial charge in [0.15, 0.2) is 0 Å². The SMILES string of the molecule is CCc1ccccc1C(N)=C1C(=O)N(c2ccc([N+](=O)[O-])cc2)N=C1C. The molecule has 2 aromatic carbocycles. The minimum atomic E-state index is -0.491. The van der Waals surface area contributed by atoms with Crippen LogP contribution < -0.4 is 10.7 Å². The molecule has 0 spiro atoms. The molecule has 0 saturated heterocycles. The number of anilines is 1. The average Bonchev–Trinajstić information content (AvgIpc) is 2.95. The molecule has 2 N–H and O–H groups in total. The van der Waals surface area contributed by atoms with Crippen molar-refractivity contribution >= 4 is 28.7 Å². The summed E-state index contributed by atoms with van der Waals surface area (Å²) in [5.74, 6) is -0.347. The van der Waals surface area contributed by atoms with Gasteiger partial charge < -0.3 is 5.73 Å². The molecule has 7 nitrogen and oxygen atoms in total. The molecule has 0 radical (unpaired) electrons. The number of amides is 1. The highest BCUT2D eigenvalue weighted by Crippen LogP contribution is 2.29. The van der Waals surface area contributed by atoms with Gasteiger partial charge in [0.2, 0.25) is 0 Å². The van der Waals surface area contributed by atoms with Crippen molar-refractivity contribution in [3.63, 3.8) is 0 Å². The number of hydrogen-bond donors (Lipinski definition) is 1. The van der Waals surface area contributed by atoms with Gasteiger partial charge in [-0.3, -0.25) is 14.9 Å². The third-order valence-electron chi connectivity index (χ3n) is 4.28. The van der Waals surface area contributed by atoms with Crippen LogP contribution in [0.1, 0.15) is 25.0 Å². The topological polar surface area (TPSA) is 102 Å². The van der Waals surface area contributed by atoms with Crippen LogP contribution in [-0.2, 0) is 11.2 Å². The summed E-state index contributed by atoms with van der Waals surface area (Å²) in [6.45, 7) is 3.75. The minimum absolute atomic E-state index is 0.0479. The standard InChI is InChI=1S/C19H18N4O3/c1-3-13-6-4-5-7-16(13)18(20)17-12(2)21-22(19(17)24)14-8-10-15(11-9-14)23(25)26/h4-11H,3,20H2,1-2H3. The molecule has 1 amide bonds. The van der Waals surface area contributed by atoms with Crippen LogP contribution in [0.15, 0.2) is 59.2 Å². The first-order valence-corrected chi connectivity index (χ1v) is 8.16. The highest BCUT2D eigenvalue weighted by atomic mass is 16.6. The normalized spacial score (nSPS) is 15.8. The monoisotopic (exact) mass is 350 g/mol. The number of nitrogens with two attached hydrogens (primary N) is 1. The Hall–Kier alpha value is -3.48. The Morgan fingerprint density at radius 2 is 1.85 bits per heavy atom. The van der Waals surface area contributed by atoms with E-state index in [0.717, 1.165) is 17.5 Å². The molecule has 7 heteroatoms. The number of non-ortho nitro benzene ring substituents is 1. The van der Waals surface area contributed by atoms with Crippen molar-refractivity contribution in [2.75, 3.05) is 5.01 Å². The Kier molecular flexibility index (Phi) is 4.53. The number of aryl methyl sites for hydroxylation is 1. The fraction of sp³-hybridized carbons (Fsp3) is 0.158. The van der Waals surface area contributed by atoms with Crippen LogP contribution in [0.3, 0.4) is 0 Å². The van der Waals surface area contributed by atoms with E-state index in [1.165, 1.54) is 29.3 Å². The molecule has 0 saturated carbocycles. The maximum absolute atomic E-state index is 12.9. The number of nitrogens with zero attached hydrogens (tertiary/aromatic N) is 3. The van der Waals surface area contributed by atoms with Gasteiger partial charge >= 0.3 is 0 Å². The predicted octanol–water partition coefficient (Wildman–Crippen LogP) is 3.25. The summed E-state index contributed by atoms with van der Waals surface area (Å²) in [7, 11) is 0. The number of rotatable bonds is 4. The van der Waals surface area contributed by atoms with Crippen molar-refractivity contribution in [1.82, 2.24) is 0 Å². The van der Waals surface area contributed by atoms with Crippen LogP contribution in [0.5, 0.6) is 0 Å². The smallest absolute Gasteiger partial charge is 0.282 e. The molecular formula is C19H18N4O3. The number of benzene rings is 2. The number of nitro benzene ring substituents is 1. The van der Waals surface area contributed by atoms with Crippen molar-refractivity contribution < 1.29 is 9.72 Å². The first kappa shape index (κ1) is 17.3. The summed E-state index contributed by atoms with van der Waals surface area (Å²) < 4.78 is 0. The lowest BCUT2D eigenvalue weighted by atomic mass is 9.98. The van der Waals surface area contributed by atoms with Gasteiger partial charge in [-0.05, 0) is 31.0 Å². The number of nitro groups is 1. The Morgan fingerprint density at radius 1 is 1.19 bits per heavy atom. The molecule has 2 aromatic rings. The molecule has 0 aromatic heterocycles. The lowest BCUT2D eigenvalue weighted by molar-refractivity contribution is -0.384. The molecule has 132 valence electrons. The quantitative estimate of drug-likeness (QED) is 0.519. The van der Waals surface area contributed by atoms with Gasteiger partial charge in [-0.1, -0.05) is 31.2 Å². The molecule has 3 rings (SSSR count). The lowest BCUT2D eigenvalue weighted by Crippen LogP contribution is -2.23. The first-order chi connectivity index (χ1) is 12.4. The van der Waals surface area contributed by atoms with E-state index in [2.05, 4.69) is 5.10 Å². The van der Waals surface area contributed by atoms with Gasteiger partial charge in [-0.15, -0.1) is 0 Å². The van der Waals surface area contributed by atoms with Crippen LogP contribution in [-0.4, -0.2) is 16.5 Å². The molecule has 1 aliphatic heterocycles. The van der Waals surface area contributed by atoms with E-state index in [1.54, 1.807) is 6.92 Å². The summed E-state index contributed by atoms with van der Waals surface area (Å²) in [6.07, 6.45) is 0.792. The molecular weight excluding hydrogens is 332 g/mol. The minimum Gasteiger partial charge on any atom is -0.398 e. The second-order valence-corrected chi connectivity index (χ2v) is 5.88. The molecule has 0 aliphatic carbocycles. The number of carbonyl (C=O) groups excluding carboxylic acids is 1. The molecule has 0 unspecified atom stereocenters. The van der Waals surface area contributed by atoms with Gasteiger partial charge in [0.25, 0.3) is 11.6 Å². The van der Waals surface area contributed by atoms with Crippen molar-refractivity contribution in [1.29, 1.82) is 0 Å². The van der Waals surface area contributed by atoms with Crippen molar-refractivity contribution in [3.05, 3.63) is 75.3 Å². The Balaban J connectivity index is 2.01. The maximum atomic E-state index is 12.9. The zero-order chi connectivity index (χ0) is 18.8. The number of carbonyl (C=O) groups is 1. The van der Waals surface area contributed by atoms with E-state index < -0.39 is 4.92 Å². The highest BCUT2D eigenvalue weighted by Gasteiger charge is 2.32. The molecule has 0 fully saturated rings. The van der Waals surface area contributed by atoms with Crippen LogP contribution in [0.25, 0.3) is 5.70 Å². The van der Waals surface area contributed by atoms with Crippen LogP contribution in [0.2, 0.25) is 0 Å². The molecule has 1 heterocycles. The highest BCUT2D eigenvalue weighted by molar-refractivity contribution is 6.33. The van der Waals surface area contributed by atoms with E-state index in [-0.39, 0.29) is 11.6 Å². The van der Waals surface area contributed by atoms with E-state index in [0.29, 0.717) is 22.7 Å². The Labute approximate surface area is 150 Å². The van der Waals surface area contributed by atoms with Gasteiger partial charge in [0.05, 0.1) is 27.6 Å². The Morgan fingerprint density at radius 3 is 2.46 bits per heavy atom. The lowest BCUT2D eigenvalue weighted by Gasteiger charge is -2.13. The second-order valence-electron chi connectivity index (χ2n) is 5.88. The summed E-state index contributed by atoms with van der Waals surface area (Å²) in [4.78, 5) is 23.2. The van der Waals surface area contributed by atoms with E-state index in [1.807, 2.05) is 31.2 Å². The molecule has 0 bridgehead atoms. The summed E-state index contributed by atoms with van der Waals surface area (Å²) in [5.41, 5.74) is 9.84. The molecule has 0 atom stereocenters. The molecule has 1 aliphatic rings. The fourth-order valence-corrected chi connectivity index (χ4v) is 2.93. The van der Waals surface area contributed by atoms with Gasteiger partial charge in [-0.25, -0.2) is 0 Å². The zero-order valence-electron chi connectivity index (χ0n) is 14.5. The predicted molar refractivity (Wildman–Crippen MR) is 101 cm³/mol. The zero-order valence-corrected chi connectivity index (χ0v) is 14.5. The van der Waals surface area contributed by atoms with Crippen LogP contribution in [0, 0.1) is 10.1 Å². The van der Waals surface area contributed by atoms with E-state index in [9.17, 15) is 14.9 Å².